The number of nitrogens with zero attached hydrogens (tertiary/aromatic N) is 1. The van der Waals surface area contributed by atoms with Crippen molar-refractivity contribution in [2.45, 2.75) is 44.4 Å². The van der Waals surface area contributed by atoms with Crippen molar-refractivity contribution in [2.24, 2.45) is 0 Å². The smallest absolute Gasteiger partial charge is 0.230 e. The van der Waals surface area contributed by atoms with Crippen molar-refractivity contribution in [3.63, 3.8) is 0 Å². The first-order valence-corrected chi connectivity index (χ1v) is 7.75. The lowest BCUT2D eigenvalue weighted by molar-refractivity contribution is 0.413. The van der Waals surface area contributed by atoms with Gasteiger partial charge in [-0.1, -0.05) is 48.5 Å². The molecule has 112 valence electrons. The summed E-state index contributed by atoms with van der Waals surface area (Å²) in [4.78, 5) is 0. The number of nitrogen functional groups attached to an aromatic ring is 1. The summed E-state index contributed by atoms with van der Waals surface area (Å²) < 4.78 is 19.4. The Balaban J connectivity index is 2.08. The van der Waals surface area contributed by atoms with Crippen LogP contribution in [0.25, 0.3) is 11.1 Å². The summed E-state index contributed by atoms with van der Waals surface area (Å²) in [5.41, 5.74) is 7.49. The zero-order chi connectivity index (χ0) is 14.8. The first kappa shape index (κ1) is 14.4. The molecule has 0 amide bonds. The van der Waals surface area contributed by atoms with Crippen LogP contribution in [-0.4, -0.2) is 5.16 Å². The standard InChI is InChI=1S/C16H18ClFN2O/c17-11-8-5-9-12(18)13(11)14-15(20-21-16(14)19)10-6-3-1-2-4-7-10/h5,8-10H,1-4,6-7,19H2. The Bertz CT molecular complexity index is 613. The second-order valence-corrected chi connectivity index (χ2v) is 6.00. The summed E-state index contributed by atoms with van der Waals surface area (Å²) in [6.07, 6.45) is 6.85. The van der Waals surface area contributed by atoms with Gasteiger partial charge in [-0.05, 0) is 25.0 Å². The first-order valence-electron chi connectivity index (χ1n) is 7.38. The van der Waals surface area contributed by atoms with Crippen LogP contribution in [0.4, 0.5) is 10.3 Å². The van der Waals surface area contributed by atoms with E-state index >= 15 is 0 Å². The van der Waals surface area contributed by atoms with E-state index in [2.05, 4.69) is 5.16 Å². The van der Waals surface area contributed by atoms with E-state index in [1.54, 1.807) is 12.1 Å². The molecule has 2 N–H and O–H groups in total. The highest BCUT2D eigenvalue weighted by molar-refractivity contribution is 6.33. The highest BCUT2D eigenvalue weighted by Crippen LogP contribution is 2.42. The van der Waals surface area contributed by atoms with Gasteiger partial charge in [-0.2, -0.15) is 0 Å². The van der Waals surface area contributed by atoms with Crippen molar-refractivity contribution in [1.82, 2.24) is 5.16 Å². The van der Waals surface area contributed by atoms with E-state index < -0.39 is 5.82 Å². The molecule has 1 aromatic heterocycles. The molecule has 1 fully saturated rings. The summed E-state index contributed by atoms with van der Waals surface area (Å²) >= 11 is 6.17. The Morgan fingerprint density at radius 2 is 1.86 bits per heavy atom. The number of hydrogen-bond donors (Lipinski definition) is 1. The second kappa shape index (κ2) is 6.06. The fraction of sp³-hybridized carbons (Fsp3) is 0.438. The van der Waals surface area contributed by atoms with Crippen LogP contribution >= 0.6 is 11.6 Å². The number of rotatable bonds is 2. The maximum atomic E-state index is 14.2. The Morgan fingerprint density at radius 1 is 1.14 bits per heavy atom. The maximum absolute atomic E-state index is 14.2. The minimum Gasteiger partial charge on any atom is -0.367 e. The van der Waals surface area contributed by atoms with Crippen LogP contribution in [-0.2, 0) is 0 Å². The molecule has 1 aliphatic rings. The lowest BCUT2D eigenvalue weighted by Crippen LogP contribution is -2.01. The van der Waals surface area contributed by atoms with E-state index in [1.807, 2.05) is 0 Å². The topological polar surface area (TPSA) is 52.0 Å². The number of aromatic nitrogens is 1. The van der Waals surface area contributed by atoms with Crippen molar-refractivity contribution in [3.05, 3.63) is 34.7 Å². The van der Waals surface area contributed by atoms with Crippen LogP contribution in [0.15, 0.2) is 22.7 Å². The van der Waals surface area contributed by atoms with E-state index in [9.17, 15) is 4.39 Å². The molecule has 1 aromatic carbocycles. The van der Waals surface area contributed by atoms with Crippen molar-refractivity contribution < 1.29 is 8.91 Å². The molecule has 0 bridgehead atoms. The summed E-state index contributed by atoms with van der Waals surface area (Å²) in [5, 5.41) is 4.45. The third kappa shape index (κ3) is 2.77. The molecule has 0 radical (unpaired) electrons. The van der Waals surface area contributed by atoms with Crippen molar-refractivity contribution in [1.29, 1.82) is 0 Å². The van der Waals surface area contributed by atoms with E-state index in [0.717, 1.165) is 31.4 Å². The van der Waals surface area contributed by atoms with E-state index in [4.69, 9.17) is 21.9 Å². The van der Waals surface area contributed by atoms with Gasteiger partial charge >= 0.3 is 0 Å². The van der Waals surface area contributed by atoms with E-state index in [0.29, 0.717) is 16.1 Å². The SMILES string of the molecule is Nc1onc(C2CCCCCC2)c1-c1c(F)cccc1Cl. The van der Waals surface area contributed by atoms with Crippen LogP contribution in [0.3, 0.4) is 0 Å². The molecular formula is C16H18ClFN2O. The molecule has 5 heteroatoms. The molecule has 21 heavy (non-hydrogen) atoms. The minimum atomic E-state index is -0.396. The molecule has 2 aromatic rings. The predicted molar refractivity (Wildman–Crippen MR) is 81.8 cm³/mol. The van der Waals surface area contributed by atoms with Crippen molar-refractivity contribution in [3.8, 4) is 11.1 Å². The Morgan fingerprint density at radius 3 is 2.52 bits per heavy atom. The zero-order valence-corrected chi connectivity index (χ0v) is 12.5. The fourth-order valence-corrected chi connectivity index (χ4v) is 3.39. The van der Waals surface area contributed by atoms with Gasteiger partial charge in [-0.25, -0.2) is 4.39 Å². The third-order valence-corrected chi connectivity index (χ3v) is 4.51. The highest BCUT2D eigenvalue weighted by atomic mass is 35.5. The monoisotopic (exact) mass is 308 g/mol. The summed E-state index contributed by atoms with van der Waals surface area (Å²) in [6.45, 7) is 0. The van der Waals surface area contributed by atoms with Gasteiger partial charge < -0.3 is 10.3 Å². The van der Waals surface area contributed by atoms with Gasteiger partial charge in [0.15, 0.2) is 0 Å². The summed E-state index contributed by atoms with van der Waals surface area (Å²) in [5.74, 6) is 0.00717. The Labute approximate surface area is 128 Å². The number of nitrogens with two attached hydrogens (primary N) is 1. The van der Waals surface area contributed by atoms with Gasteiger partial charge in [0.05, 0.1) is 16.3 Å². The third-order valence-electron chi connectivity index (χ3n) is 4.20. The van der Waals surface area contributed by atoms with Crippen LogP contribution in [0, 0.1) is 5.82 Å². The van der Waals surface area contributed by atoms with Gasteiger partial charge in [-0.3, -0.25) is 0 Å². The molecular weight excluding hydrogens is 291 g/mol. The maximum Gasteiger partial charge on any atom is 0.230 e. The van der Waals surface area contributed by atoms with Crippen LogP contribution < -0.4 is 5.73 Å². The van der Waals surface area contributed by atoms with Gasteiger partial charge in [0.25, 0.3) is 0 Å². The minimum absolute atomic E-state index is 0.140. The predicted octanol–water partition coefficient (Wildman–Crippen LogP) is 5.15. The van der Waals surface area contributed by atoms with Gasteiger partial charge in [-0.15, -0.1) is 0 Å². The molecule has 0 aliphatic heterocycles. The normalized spacial score (nSPS) is 16.9. The molecule has 3 nitrogen and oxygen atoms in total. The largest absolute Gasteiger partial charge is 0.367 e. The van der Waals surface area contributed by atoms with Gasteiger partial charge in [0, 0.05) is 11.5 Å². The van der Waals surface area contributed by atoms with Crippen LogP contribution in [0.1, 0.15) is 50.1 Å². The molecule has 1 saturated carbocycles. The number of anilines is 1. The lowest BCUT2D eigenvalue weighted by Gasteiger charge is -2.13. The average Bonchev–Trinajstić information content (AvgIpc) is 2.68. The lowest BCUT2D eigenvalue weighted by atomic mass is 9.91. The molecule has 1 heterocycles. The van der Waals surface area contributed by atoms with E-state index in [-0.39, 0.29) is 11.8 Å². The summed E-state index contributed by atoms with van der Waals surface area (Å²) in [7, 11) is 0. The molecule has 0 spiro atoms. The van der Waals surface area contributed by atoms with Crippen LogP contribution in [0.5, 0.6) is 0 Å². The number of hydrogen-bond acceptors (Lipinski definition) is 3. The quantitative estimate of drug-likeness (QED) is 0.780. The second-order valence-electron chi connectivity index (χ2n) is 5.59. The Kier molecular flexibility index (Phi) is 4.15. The summed E-state index contributed by atoms with van der Waals surface area (Å²) in [6, 6.07) is 4.62. The number of halogens is 2. The van der Waals surface area contributed by atoms with Crippen molar-refractivity contribution in [2.75, 3.05) is 5.73 Å². The Hall–Kier alpha value is -1.55. The molecule has 3 rings (SSSR count). The van der Waals surface area contributed by atoms with E-state index in [1.165, 1.54) is 18.9 Å². The first-order chi connectivity index (χ1) is 10.2. The average molecular weight is 309 g/mol. The van der Waals surface area contributed by atoms with Gasteiger partial charge in [0.1, 0.15) is 5.82 Å². The van der Waals surface area contributed by atoms with Crippen molar-refractivity contribution >= 4 is 17.5 Å². The fourth-order valence-electron chi connectivity index (χ4n) is 3.14. The molecule has 1 aliphatic carbocycles. The molecule has 0 saturated heterocycles. The zero-order valence-electron chi connectivity index (χ0n) is 11.7. The van der Waals surface area contributed by atoms with Crippen LogP contribution in [0.2, 0.25) is 5.02 Å². The molecule has 0 unspecified atom stereocenters. The van der Waals surface area contributed by atoms with Gasteiger partial charge in [0.2, 0.25) is 5.88 Å². The highest BCUT2D eigenvalue weighted by Gasteiger charge is 2.27. The molecule has 0 atom stereocenters. The number of benzene rings is 1.